The van der Waals surface area contributed by atoms with Crippen molar-refractivity contribution in [1.29, 1.82) is 0 Å². The van der Waals surface area contributed by atoms with E-state index in [1.165, 1.54) is 0 Å². The molecule has 132 valence electrons. The van der Waals surface area contributed by atoms with E-state index in [0.717, 1.165) is 55.5 Å². The molecule has 0 aromatic carbocycles. The van der Waals surface area contributed by atoms with E-state index in [0.29, 0.717) is 11.7 Å². The average molecular weight is 342 g/mol. The van der Waals surface area contributed by atoms with Crippen LogP contribution in [0, 0.1) is 0 Å². The Kier molecular flexibility index (Phi) is 4.37. The second-order valence-corrected chi connectivity index (χ2v) is 6.50. The highest BCUT2D eigenvalue weighted by Crippen LogP contribution is 2.28. The molecule has 1 aliphatic heterocycles. The van der Waals surface area contributed by atoms with Crippen LogP contribution in [0.2, 0.25) is 0 Å². The topological polar surface area (TPSA) is 96.0 Å². The number of aliphatic hydroxyl groups is 1. The molecule has 3 aromatic heterocycles. The highest BCUT2D eigenvalue weighted by molar-refractivity contribution is 5.51. The van der Waals surface area contributed by atoms with E-state index in [-0.39, 0.29) is 6.61 Å². The summed E-state index contributed by atoms with van der Waals surface area (Å²) in [5.74, 6) is 3.64. The van der Waals surface area contributed by atoms with Crippen LogP contribution in [0.1, 0.15) is 36.2 Å². The number of furan rings is 1. The molecule has 1 saturated heterocycles. The molecule has 0 amide bonds. The molecule has 1 aliphatic rings. The van der Waals surface area contributed by atoms with Crippen molar-refractivity contribution < 1.29 is 9.52 Å². The summed E-state index contributed by atoms with van der Waals surface area (Å²) in [7, 11) is 1.92. The van der Waals surface area contributed by atoms with Gasteiger partial charge >= 0.3 is 0 Å². The number of hydrogen-bond acceptors (Lipinski definition) is 6. The fourth-order valence-electron chi connectivity index (χ4n) is 3.50. The van der Waals surface area contributed by atoms with Crippen LogP contribution in [0.15, 0.2) is 28.8 Å². The van der Waals surface area contributed by atoms with Gasteiger partial charge in [0.25, 0.3) is 0 Å². The lowest BCUT2D eigenvalue weighted by molar-refractivity contribution is 0.182. The van der Waals surface area contributed by atoms with Gasteiger partial charge < -0.3 is 14.1 Å². The molecule has 1 atom stereocenters. The van der Waals surface area contributed by atoms with Crippen molar-refractivity contribution in [3.05, 3.63) is 41.8 Å². The van der Waals surface area contributed by atoms with E-state index in [1.54, 1.807) is 6.20 Å². The Bertz CT molecular complexity index is 822. The zero-order chi connectivity index (χ0) is 17.2. The summed E-state index contributed by atoms with van der Waals surface area (Å²) in [6.07, 6.45) is 3.92. The molecule has 0 spiro atoms. The van der Waals surface area contributed by atoms with Crippen molar-refractivity contribution >= 4 is 0 Å². The molecule has 0 radical (unpaired) electrons. The van der Waals surface area contributed by atoms with Crippen LogP contribution >= 0.6 is 0 Å². The molecule has 3 aromatic rings. The number of likely N-dealkylation sites (tertiary alicyclic amines) is 1. The Morgan fingerprint density at radius 1 is 1.32 bits per heavy atom. The highest BCUT2D eigenvalue weighted by Gasteiger charge is 2.26. The molecule has 8 heteroatoms. The fraction of sp³-hybridized carbons (Fsp3) is 0.471. The van der Waals surface area contributed by atoms with E-state index in [2.05, 4.69) is 25.3 Å². The zero-order valence-corrected chi connectivity index (χ0v) is 14.2. The van der Waals surface area contributed by atoms with Crippen LogP contribution in [0.3, 0.4) is 0 Å². The molecule has 25 heavy (non-hydrogen) atoms. The van der Waals surface area contributed by atoms with E-state index in [9.17, 15) is 5.11 Å². The van der Waals surface area contributed by atoms with Crippen LogP contribution in [0.25, 0.3) is 11.5 Å². The van der Waals surface area contributed by atoms with Gasteiger partial charge in [-0.25, -0.2) is 0 Å². The quantitative estimate of drug-likeness (QED) is 0.732. The van der Waals surface area contributed by atoms with Crippen molar-refractivity contribution in [2.24, 2.45) is 7.05 Å². The lowest BCUT2D eigenvalue weighted by atomic mass is 9.97. The Balaban J connectivity index is 1.44. The van der Waals surface area contributed by atoms with Crippen LogP contribution in [0.4, 0.5) is 0 Å². The maximum atomic E-state index is 9.30. The van der Waals surface area contributed by atoms with Crippen LogP contribution < -0.4 is 0 Å². The smallest absolute Gasteiger partial charge is 0.158 e. The van der Waals surface area contributed by atoms with Gasteiger partial charge in [-0.05, 0) is 37.6 Å². The van der Waals surface area contributed by atoms with Crippen LogP contribution in [-0.4, -0.2) is 48.1 Å². The number of hydrogen-bond donors (Lipinski definition) is 2. The first-order valence-corrected chi connectivity index (χ1v) is 8.54. The van der Waals surface area contributed by atoms with E-state index in [1.807, 2.05) is 29.8 Å². The first-order valence-electron chi connectivity index (χ1n) is 8.54. The van der Waals surface area contributed by atoms with Crippen molar-refractivity contribution in [1.82, 2.24) is 29.9 Å². The molecule has 0 bridgehead atoms. The lowest BCUT2D eigenvalue weighted by Gasteiger charge is -2.31. The van der Waals surface area contributed by atoms with Crippen LogP contribution in [0.5, 0.6) is 0 Å². The number of piperidine rings is 1. The number of nitrogens with zero attached hydrogens (tertiary/aromatic N) is 5. The van der Waals surface area contributed by atoms with Crippen LogP contribution in [-0.2, 0) is 20.2 Å². The molecule has 0 saturated carbocycles. The number of rotatable bonds is 5. The summed E-state index contributed by atoms with van der Waals surface area (Å²) in [5, 5.41) is 24.5. The second kappa shape index (κ2) is 6.81. The second-order valence-electron chi connectivity index (χ2n) is 6.50. The molecule has 4 rings (SSSR count). The number of nitrogens with one attached hydrogen (secondary N) is 1. The van der Waals surface area contributed by atoms with Crippen molar-refractivity contribution in [2.45, 2.75) is 31.9 Å². The molecule has 1 fully saturated rings. The maximum absolute atomic E-state index is 9.30. The Labute approximate surface area is 145 Å². The van der Waals surface area contributed by atoms with E-state index < -0.39 is 0 Å². The van der Waals surface area contributed by atoms with Gasteiger partial charge in [-0.1, -0.05) is 0 Å². The number of aromatic nitrogens is 5. The first-order chi connectivity index (χ1) is 12.2. The Hall–Kier alpha value is -2.45. The number of aromatic amines is 1. The summed E-state index contributed by atoms with van der Waals surface area (Å²) in [6.45, 7) is 2.65. The highest BCUT2D eigenvalue weighted by atomic mass is 16.3. The lowest BCUT2D eigenvalue weighted by Crippen LogP contribution is -2.34. The summed E-state index contributed by atoms with van der Waals surface area (Å²) in [5.41, 5.74) is 0.887. The van der Waals surface area contributed by atoms with Gasteiger partial charge in [0.1, 0.15) is 23.9 Å². The standard InChI is InChI=1S/C17H22N6O2/c1-22-16(11-24)20-21-17(22)12-3-2-8-23(9-12)10-13-4-5-15(25-13)14-6-7-18-19-14/h4-7,12,24H,2-3,8-11H2,1H3,(H,18,19)/t12-/m1/s1. The van der Waals surface area contributed by atoms with E-state index >= 15 is 0 Å². The monoisotopic (exact) mass is 342 g/mol. The van der Waals surface area contributed by atoms with Gasteiger partial charge in [0, 0.05) is 25.7 Å². The minimum absolute atomic E-state index is 0.0806. The normalized spacial score (nSPS) is 18.7. The third-order valence-corrected chi connectivity index (χ3v) is 4.82. The van der Waals surface area contributed by atoms with Crippen molar-refractivity contribution in [3.8, 4) is 11.5 Å². The predicted octanol–water partition coefficient (Wildman–Crippen LogP) is 1.67. The molecular weight excluding hydrogens is 320 g/mol. The Morgan fingerprint density at radius 3 is 3.00 bits per heavy atom. The van der Waals surface area contributed by atoms with Crippen molar-refractivity contribution in [3.63, 3.8) is 0 Å². The number of aliphatic hydroxyl groups excluding tert-OH is 1. The maximum Gasteiger partial charge on any atom is 0.158 e. The molecule has 0 unspecified atom stereocenters. The SMILES string of the molecule is Cn1c(CO)nnc1[C@@H]1CCCN(Cc2ccc(-c3ccn[nH]3)o2)C1. The summed E-state index contributed by atoms with van der Waals surface area (Å²) >= 11 is 0. The molecule has 0 aliphatic carbocycles. The van der Waals surface area contributed by atoms with Gasteiger partial charge in [0.05, 0.1) is 6.54 Å². The summed E-state index contributed by atoms with van der Waals surface area (Å²) in [4.78, 5) is 2.39. The van der Waals surface area contributed by atoms with Gasteiger partial charge in [0.15, 0.2) is 11.6 Å². The third kappa shape index (κ3) is 3.22. The van der Waals surface area contributed by atoms with Gasteiger partial charge in [-0.2, -0.15) is 5.10 Å². The third-order valence-electron chi connectivity index (χ3n) is 4.82. The molecule has 4 heterocycles. The molecule has 2 N–H and O–H groups in total. The Morgan fingerprint density at radius 2 is 2.24 bits per heavy atom. The minimum Gasteiger partial charge on any atom is -0.458 e. The van der Waals surface area contributed by atoms with E-state index in [4.69, 9.17) is 4.42 Å². The number of H-pyrrole nitrogens is 1. The van der Waals surface area contributed by atoms with Gasteiger partial charge in [-0.15, -0.1) is 10.2 Å². The molecular formula is C17H22N6O2. The first kappa shape index (κ1) is 16.0. The van der Waals surface area contributed by atoms with Gasteiger partial charge in [0.2, 0.25) is 0 Å². The predicted molar refractivity (Wildman–Crippen MR) is 90.5 cm³/mol. The largest absolute Gasteiger partial charge is 0.458 e. The summed E-state index contributed by atoms with van der Waals surface area (Å²) in [6, 6.07) is 5.89. The summed E-state index contributed by atoms with van der Waals surface area (Å²) < 4.78 is 7.85. The minimum atomic E-state index is -0.0806. The molecule has 8 nitrogen and oxygen atoms in total. The zero-order valence-electron chi connectivity index (χ0n) is 14.2. The fourth-order valence-corrected chi connectivity index (χ4v) is 3.50. The average Bonchev–Trinajstić information content (AvgIpc) is 3.35. The van der Waals surface area contributed by atoms with Crippen molar-refractivity contribution in [2.75, 3.05) is 13.1 Å². The van der Waals surface area contributed by atoms with Gasteiger partial charge in [-0.3, -0.25) is 10.00 Å².